The number of para-hydroxylation sites is 1. The van der Waals surface area contributed by atoms with Crippen molar-refractivity contribution in [3.8, 4) is 11.3 Å². The Morgan fingerprint density at radius 1 is 1.00 bits per heavy atom. The van der Waals surface area contributed by atoms with Crippen molar-refractivity contribution in [3.63, 3.8) is 0 Å². The fourth-order valence-electron chi connectivity index (χ4n) is 4.07. The van der Waals surface area contributed by atoms with Gasteiger partial charge < -0.3 is 10.2 Å². The summed E-state index contributed by atoms with van der Waals surface area (Å²) >= 11 is 0. The van der Waals surface area contributed by atoms with Crippen LogP contribution in [0.15, 0.2) is 72.9 Å². The smallest absolute Gasteiger partial charge is 0.251 e. The van der Waals surface area contributed by atoms with Gasteiger partial charge in [0.1, 0.15) is 5.52 Å². The van der Waals surface area contributed by atoms with Gasteiger partial charge in [0.15, 0.2) is 5.65 Å². The summed E-state index contributed by atoms with van der Waals surface area (Å²) in [6.45, 7) is 2.12. The van der Waals surface area contributed by atoms with E-state index in [0.717, 1.165) is 46.2 Å². The van der Waals surface area contributed by atoms with Gasteiger partial charge in [-0.3, -0.25) is 9.78 Å². The second kappa shape index (κ2) is 9.99. The minimum absolute atomic E-state index is 0.0651. The molecule has 0 saturated heterocycles. The highest BCUT2D eigenvalue weighted by atomic mass is 16.1. The van der Waals surface area contributed by atoms with E-state index in [4.69, 9.17) is 4.98 Å². The van der Waals surface area contributed by atoms with Crippen molar-refractivity contribution in [2.24, 2.45) is 0 Å². The van der Waals surface area contributed by atoms with E-state index in [2.05, 4.69) is 43.7 Å². The Hall–Kier alpha value is -4.17. The van der Waals surface area contributed by atoms with Gasteiger partial charge in [-0.25, -0.2) is 9.67 Å². The summed E-state index contributed by atoms with van der Waals surface area (Å²) in [7, 11) is 4.05. The summed E-state index contributed by atoms with van der Waals surface area (Å²) in [4.78, 5) is 23.9. The van der Waals surface area contributed by atoms with Gasteiger partial charge in [0.05, 0.1) is 17.8 Å². The summed E-state index contributed by atoms with van der Waals surface area (Å²) in [5.74, 6) is -0.0651. The molecule has 0 aliphatic rings. The normalized spacial score (nSPS) is 11.4. The number of fused-ring (bicyclic) bond motifs is 2. The van der Waals surface area contributed by atoms with Gasteiger partial charge in [-0.05, 0) is 63.0 Å². The molecule has 0 atom stereocenters. The number of carbonyl (C=O) groups excluding carboxylic acids is 1. The van der Waals surface area contributed by atoms with Crippen LogP contribution >= 0.6 is 0 Å². The lowest BCUT2D eigenvalue weighted by atomic mass is 10.1. The molecule has 8 heteroatoms. The Labute approximate surface area is 203 Å². The highest BCUT2D eigenvalue weighted by Gasteiger charge is 2.12. The van der Waals surface area contributed by atoms with Gasteiger partial charge in [-0.15, -0.1) is 5.10 Å². The number of hydrogen-bond acceptors (Lipinski definition) is 6. The van der Waals surface area contributed by atoms with E-state index >= 15 is 0 Å². The zero-order valence-corrected chi connectivity index (χ0v) is 19.8. The Morgan fingerprint density at radius 3 is 2.66 bits per heavy atom. The van der Waals surface area contributed by atoms with Gasteiger partial charge in [0.25, 0.3) is 5.91 Å². The highest BCUT2D eigenvalue weighted by Crippen LogP contribution is 2.22. The van der Waals surface area contributed by atoms with Crippen molar-refractivity contribution in [1.29, 1.82) is 0 Å². The molecule has 0 bridgehead atoms. The molecule has 0 radical (unpaired) electrons. The van der Waals surface area contributed by atoms with Crippen LogP contribution in [0.2, 0.25) is 0 Å². The molecule has 3 aromatic heterocycles. The fourth-order valence-corrected chi connectivity index (χ4v) is 4.07. The second-order valence-corrected chi connectivity index (χ2v) is 8.77. The van der Waals surface area contributed by atoms with Crippen molar-refractivity contribution < 1.29 is 4.79 Å². The van der Waals surface area contributed by atoms with E-state index < -0.39 is 0 Å². The minimum Gasteiger partial charge on any atom is -0.352 e. The molecule has 0 saturated carbocycles. The molecule has 1 N–H and O–H groups in total. The lowest BCUT2D eigenvalue weighted by Gasteiger charge is -2.10. The topological polar surface area (TPSA) is 88.8 Å². The van der Waals surface area contributed by atoms with E-state index in [-0.39, 0.29) is 5.91 Å². The van der Waals surface area contributed by atoms with Gasteiger partial charge >= 0.3 is 0 Å². The molecule has 0 fully saturated rings. The predicted molar refractivity (Wildman–Crippen MR) is 137 cm³/mol. The molecule has 35 heavy (non-hydrogen) atoms. The number of nitrogens with zero attached hydrogens (tertiary/aromatic N) is 6. The summed E-state index contributed by atoms with van der Waals surface area (Å²) in [5.41, 5.74) is 5.81. The Bertz CT molecular complexity index is 1470. The maximum Gasteiger partial charge on any atom is 0.251 e. The van der Waals surface area contributed by atoms with Crippen molar-refractivity contribution in [1.82, 2.24) is 35.2 Å². The summed E-state index contributed by atoms with van der Waals surface area (Å²) in [5, 5.41) is 12.7. The Balaban J connectivity index is 1.35. The molecule has 1 amide bonds. The van der Waals surface area contributed by atoms with Crippen LogP contribution in [0.1, 0.15) is 22.3 Å². The third-order valence-electron chi connectivity index (χ3n) is 5.91. The molecule has 8 nitrogen and oxygen atoms in total. The van der Waals surface area contributed by atoms with Crippen molar-refractivity contribution in [2.75, 3.05) is 27.2 Å². The number of aromatic nitrogens is 5. The average Bonchev–Trinajstić information content (AvgIpc) is 3.28. The third-order valence-corrected chi connectivity index (χ3v) is 5.91. The highest BCUT2D eigenvalue weighted by molar-refractivity contribution is 5.94. The van der Waals surface area contributed by atoms with Crippen LogP contribution in [0, 0.1) is 0 Å². The zero-order valence-electron chi connectivity index (χ0n) is 19.8. The zero-order chi connectivity index (χ0) is 24.2. The molecule has 176 valence electrons. The third kappa shape index (κ3) is 5.02. The number of benzene rings is 2. The second-order valence-electron chi connectivity index (χ2n) is 8.77. The van der Waals surface area contributed by atoms with Gasteiger partial charge in [0.2, 0.25) is 0 Å². The number of rotatable bonds is 8. The van der Waals surface area contributed by atoms with Crippen LogP contribution in [-0.4, -0.2) is 63.0 Å². The molecule has 0 aliphatic heterocycles. The molecular weight excluding hydrogens is 438 g/mol. The maximum absolute atomic E-state index is 12.4. The predicted octanol–water partition coefficient (Wildman–Crippen LogP) is 3.77. The van der Waals surface area contributed by atoms with Crippen LogP contribution < -0.4 is 5.32 Å². The largest absolute Gasteiger partial charge is 0.352 e. The standard InChI is InChI=1S/C27H27N7O/c1-33(2)17-5-16-29-27(35)21-11-9-19(10-12-21)23-13-14-24-26(30-23)34(32-31-24)18-22-7-3-6-20-8-4-15-28-25(20)22/h3-4,6-15H,5,16-18H2,1-2H3,(H,29,35). The van der Waals surface area contributed by atoms with E-state index in [9.17, 15) is 4.79 Å². The summed E-state index contributed by atoms with van der Waals surface area (Å²) in [6.07, 6.45) is 2.71. The molecule has 0 aliphatic carbocycles. The Morgan fingerprint density at radius 2 is 1.83 bits per heavy atom. The van der Waals surface area contributed by atoms with E-state index in [1.54, 1.807) is 10.9 Å². The van der Waals surface area contributed by atoms with E-state index in [1.807, 2.05) is 62.6 Å². The lowest BCUT2D eigenvalue weighted by molar-refractivity contribution is 0.0952. The quantitative estimate of drug-likeness (QED) is 0.351. The maximum atomic E-state index is 12.4. The van der Waals surface area contributed by atoms with Crippen LogP contribution in [0.4, 0.5) is 0 Å². The molecule has 0 spiro atoms. The van der Waals surface area contributed by atoms with Crippen molar-refractivity contribution in [3.05, 3.63) is 84.1 Å². The van der Waals surface area contributed by atoms with Gasteiger partial charge in [-0.1, -0.05) is 41.6 Å². The van der Waals surface area contributed by atoms with Gasteiger partial charge in [-0.2, -0.15) is 0 Å². The fraction of sp³-hybridized carbons (Fsp3) is 0.222. The monoisotopic (exact) mass is 465 g/mol. The molecule has 5 aromatic rings. The molecule has 3 heterocycles. The first-order valence-corrected chi connectivity index (χ1v) is 11.6. The van der Waals surface area contributed by atoms with Crippen molar-refractivity contribution >= 4 is 28.0 Å². The van der Waals surface area contributed by atoms with E-state index in [0.29, 0.717) is 24.3 Å². The Kier molecular flexibility index (Phi) is 6.45. The number of pyridine rings is 2. The first kappa shape index (κ1) is 22.6. The SMILES string of the molecule is CN(C)CCCNC(=O)c1ccc(-c2ccc3nnn(Cc4cccc5cccnc45)c3n2)cc1. The summed E-state index contributed by atoms with van der Waals surface area (Å²) < 4.78 is 1.80. The number of nitrogens with one attached hydrogen (secondary N) is 1. The van der Waals surface area contributed by atoms with Crippen molar-refractivity contribution in [2.45, 2.75) is 13.0 Å². The molecule has 0 unspecified atom stereocenters. The molecule has 5 rings (SSSR count). The molecule has 2 aromatic carbocycles. The number of carbonyl (C=O) groups is 1. The average molecular weight is 466 g/mol. The molecular formula is C27H27N7O. The first-order chi connectivity index (χ1) is 17.1. The number of hydrogen-bond donors (Lipinski definition) is 1. The number of amides is 1. The van der Waals surface area contributed by atoms with Crippen LogP contribution in [-0.2, 0) is 6.54 Å². The van der Waals surface area contributed by atoms with Crippen LogP contribution in [0.3, 0.4) is 0 Å². The van der Waals surface area contributed by atoms with Crippen LogP contribution in [0.25, 0.3) is 33.3 Å². The lowest BCUT2D eigenvalue weighted by Crippen LogP contribution is -2.27. The first-order valence-electron chi connectivity index (χ1n) is 11.6. The van der Waals surface area contributed by atoms with E-state index in [1.165, 1.54) is 0 Å². The minimum atomic E-state index is -0.0651. The summed E-state index contributed by atoms with van der Waals surface area (Å²) in [6, 6.07) is 21.5. The van der Waals surface area contributed by atoms with Crippen LogP contribution in [0.5, 0.6) is 0 Å². The van der Waals surface area contributed by atoms with Gasteiger partial charge in [0, 0.05) is 29.3 Å².